The molecule has 0 saturated carbocycles. The third kappa shape index (κ3) is 3.62. The summed E-state index contributed by atoms with van der Waals surface area (Å²) in [5.74, 6) is 1.04. The number of hydrogen-bond acceptors (Lipinski definition) is 5. The normalized spacial score (nSPS) is 23.5. The highest BCUT2D eigenvalue weighted by atomic mass is 32.2. The Kier molecular flexibility index (Phi) is 4.70. The zero-order valence-electron chi connectivity index (χ0n) is 13.2. The van der Waals surface area contributed by atoms with Crippen molar-refractivity contribution in [2.24, 2.45) is 0 Å². The van der Waals surface area contributed by atoms with Crippen molar-refractivity contribution in [2.45, 2.75) is 23.8 Å². The Bertz CT molecular complexity index is 517. The van der Waals surface area contributed by atoms with E-state index in [4.69, 9.17) is 4.74 Å². The van der Waals surface area contributed by atoms with Crippen LogP contribution in [0.1, 0.15) is 12.0 Å². The third-order valence-electron chi connectivity index (χ3n) is 4.27. The molecule has 2 aliphatic heterocycles. The second-order valence-electron chi connectivity index (χ2n) is 6.43. The Morgan fingerprint density at radius 2 is 2.36 bits per heavy atom. The molecule has 2 aliphatic rings. The van der Waals surface area contributed by atoms with Gasteiger partial charge in [0, 0.05) is 56.6 Å². The molecule has 120 valence electrons. The van der Waals surface area contributed by atoms with Crippen LogP contribution in [0.2, 0.25) is 0 Å². The van der Waals surface area contributed by atoms with Crippen LogP contribution in [-0.4, -0.2) is 71.1 Å². The van der Waals surface area contributed by atoms with Crippen molar-refractivity contribution in [1.29, 1.82) is 0 Å². The highest BCUT2D eigenvalue weighted by molar-refractivity contribution is 8.01. The smallest absolute Gasteiger partial charge is 0.248 e. The maximum atomic E-state index is 11.6. The van der Waals surface area contributed by atoms with Crippen LogP contribution in [0.25, 0.3) is 0 Å². The number of ether oxygens (including phenoxy) is 1. The number of carbonyl (C=O) groups excluding carboxylic acids is 1. The number of likely N-dealkylation sites (N-methyl/N-ethyl adjacent to an activating group) is 1. The summed E-state index contributed by atoms with van der Waals surface area (Å²) >= 11 is 2.01. The maximum Gasteiger partial charge on any atom is 0.248 e. The van der Waals surface area contributed by atoms with Crippen molar-refractivity contribution in [3.63, 3.8) is 0 Å². The van der Waals surface area contributed by atoms with Crippen molar-refractivity contribution in [2.75, 3.05) is 39.5 Å². The first-order chi connectivity index (χ1) is 10.6. The summed E-state index contributed by atoms with van der Waals surface area (Å²) in [6.45, 7) is 3.39. The first kappa shape index (κ1) is 15.8. The van der Waals surface area contributed by atoms with Gasteiger partial charge in [-0.25, -0.2) is 0 Å². The van der Waals surface area contributed by atoms with E-state index in [0.717, 1.165) is 31.8 Å². The van der Waals surface area contributed by atoms with Gasteiger partial charge in [-0.2, -0.15) is 0 Å². The number of pyridine rings is 1. The average Bonchev–Trinajstić information content (AvgIpc) is 2.90. The van der Waals surface area contributed by atoms with Gasteiger partial charge < -0.3 is 9.64 Å². The fourth-order valence-corrected chi connectivity index (χ4v) is 4.68. The minimum absolute atomic E-state index is 0.0396. The van der Waals surface area contributed by atoms with E-state index < -0.39 is 0 Å². The summed E-state index contributed by atoms with van der Waals surface area (Å²) in [7, 11) is 3.53. The monoisotopic (exact) mass is 321 g/mol. The van der Waals surface area contributed by atoms with Gasteiger partial charge >= 0.3 is 0 Å². The van der Waals surface area contributed by atoms with Crippen LogP contribution in [0, 0.1) is 0 Å². The molecule has 0 N–H and O–H groups in total. The molecule has 2 fully saturated rings. The lowest BCUT2D eigenvalue weighted by Crippen LogP contribution is -2.58. The van der Waals surface area contributed by atoms with Gasteiger partial charge in [-0.05, 0) is 18.1 Å². The van der Waals surface area contributed by atoms with E-state index in [1.807, 2.05) is 30.2 Å². The Balaban J connectivity index is 1.41. The van der Waals surface area contributed by atoms with Gasteiger partial charge in [-0.1, -0.05) is 6.07 Å². The Labute approximate surface area is 136 Å². The van der Waals surface area contributed by atoms with Crippen molar-refractivity contribution in [3.8, 4) is 0 Å². The molecule has 0 radical (unpaired) electrons. The van der Waals surface area contributed by atoms with E-state index in [1.54, 1.807) is 19.0 Å². The number of nitrogens with zero attached hydrogens (tertiary/aromatic N) is 3. The third-order valence-corrected chi connectivity index (χ3v) is 5.84. The topological polar surface area (TPSA) is 45.7 Å². The fraction of sp³-hybridized carbons (Fsp3) is 0.625. The quantitative estimate of drug-likeness (QED) is 0.817. The van der Waals surface area contributed by atoms with E-state index >= 15 is 0 Å². The molecule has 22 heavy (non-hydrogen) atoms. The van der Waals surface area contributed by atoms with E-state index in [1.165, 1.54) is 5.56 Å². The summed E-state index contributed by atoms with van der Waals surface area (Å²) in [4.78, 5) is 19.8. The highest BCUT2D eigenvalue weighted by Gasteiger charge is 2.49. The lowest BCUT2D eigenvalue weighted by atomic mass is 9.92. The van der Waals surface area contributed by atoms with Crippen LogP contribution in [0.3, 0.4) is 0 Å². The summed E-state index contributed by atoms with van der Waals surface area (Å²) in [5.41, 5.74) is 1.27. The van der Waals surface area contributed by atoms with Gasteiger partial charge in [0.05, 0.1) is 6.10 Å². The lowest BCUT2D eigenvalue weighted by Gasteiger charge is -2.47. The van der Waals surface area contributed by atoms with Crippen LogP contribution in [0.15, 0.2) is 24.5 Å². The molecule has 3 rings (SSSR count). The van der Waals surface area contributed by atoms with Crippen molar-refractivity contribution in [3.05, 3.63) is 30.1 Å². The lowest BCUT2D eigenvalue weighted by molar-refractivity contribution is -0.135. The first-order valence-electron chi connectivity index (χ1n) is 7.63. The zero-order chi connectivity index (χ0) is 15.6. The number of likely N-dealkylation sites (tertiary alicyclic amines) is 1. The largest absolute Gasteiger partial charge is 0.367 e. The molecule has 1 spiro atoms. The molecular weight excluding hydrogens is 298 g/mol. The summed E-state index contributed by atoms with van der Waals surface area (Å²) < 4.78 is 6.11. The van der Waals surface area contributed by atoms with Crippen LogP contribution in [-0.2, 0) is 16.1 Å². The number of amides is 1. The summed E-state index contributed by atoms with van der Waals surface area (Å²) in [6, 6.07) is 4.11. The predicted octanol–water partition coefficient (Wildman–Crippen LogP) is 1.25. The number of aromatic nitrogens is 1. The fourth-order valence-electron chi connectivity index (χ4n) is 3.08. The Hall–Kier alpha value is -1.11. The number of carbonyl (C=O) groups is 1. The molecule has 6 heteroatoms. The van der Waals surface area contributed by atoms with Gasteiger partial charge in [-0.3, -0.25) is 14.7 Å². The van der Waals surface area contributed by atoms with Gasteiger partial charge in [0.25, 0.3) is 0 Å². The van der Waals surface area contributed by atoms with E-state index in [9.17, 15) is 4.79 Å². The average molecular weight is 321 g/mol. The molecule has 0 bridgehead atoms. The molecule has 0 aliphatic carbocycles. The van der Waals surface area contributed by atoms with Gasteiger partial charge in [0.2, 0.25) is 5.91 Å². The Morgan fingerprint density at radius 1 is 1.55 bits per heavy atom. The van der Waals surface area contributed by atoms with Gasteiger partial charge in [-0.15, -0.1) is 11.8 Å². The molecule has 1 aromatic heterocycles. The minimum Gasteiger partial charge on any atom is -0.367 e. The van der Waals surface area contributed by atoms with Crippen LogP contribution < -0.4 is 0 Å². The standard InChI is InChI=1S/C16H23N3O2S/c1-18(2)15(20)9-21-14-6-16(22-10-14)11-19(12-16)8-13-4-3-5-17-7-13/h3-5,7,14H,6,8-12H2,1-2H3. The molecule has 5 nitrogen and oxygen atoms in total. The van der Waals surface area contributed by atoms with E-state index in [2.05, 4.69) is 16.0 Å². The molecule has 2 saturated heterocycles. The molecule has 1 amide bonds. The first-order valence-corrected chi connectivity index (χ1v) is 8.62. The van der Waals surface area contributed by atoms with Crippen LogP contribution >= 0.6 is 11.8 Å². The number of rotatable bonds is 5. The Morgan fingerprint density at radius 3 is 3.05 bits per heavy atom. The second kappa shape index (κ2) is 6.56. The van der Waals surface area contributed by atoms with E-state index in [-0.39, 0.29) is 18.6 Å². The maximum absolute atomic E-state index is 11.6. The number of thioether (sulfide) groups is 1. The van der Waals surface area contributed by atoms with E-state index in [0.29, 0.717) is 4.75 Å². The molecular formula is C16H23N3O2S. The molecule has 1 unspecified atom stereocenters. The van der Waals surface area contributed by atoms with Gasteiger partial charge in [0.1, 0.15) is 6.61 Å². The summed E-state index contributed by atoms with van der Waals surface area (Å²) in [5, 5.41) is 0. The van der Waals surface area contributed by atoms with Crippen LogP contribution in [0.5, 0.6) is 0 Å². The van der Waals surface area contributed by atoms with Crippen LogP contribution in [0.4, 0.5) is 0 Å². The van der Waals surface area contributed by atoms with Crippen molar-refractivity contribution >= 4 is 17.7 Å². The zero-order valence-corrected chi connectivity index (χ0v) is 14.0. The SMILES string of the molecule is CN(C)C(=O)COC1CSC2(C1)CN(Cc1cccnc1)C2. The molecule has 0 aromatic carbocycles. The molecule has 3 heterocycles. The summed E-state index contributed by atoms with van der Waals surface area (Å²) in [6.07, 6.45) is 5.02. The predicted molar refractivity (Wildman–Crippen MR) is 87.8 cm³/mol. The molecule has 1 aromatic rings. The number of hydrogen-bond donors (Lipinski definition) is 0. The van der Waals surface area contributed by atoms with Crippen molar-refractivity contribution < 1.29 is 9.53 Å². The van der Waals surface area contributed by atoms with Gasteiger partial charge in [0.15, 0.2) is 0 Å². The second-order valence-corrected chi connectivity index (χ2v) is 7.91. The molecule has 1 atom stereocenters. The minimum atomic E-state index is 0.0396. The van der Waals surface area contributed by atoms with Crippen molar-refractivity contribution in [1.82, 2.24) is 14.8 Å². The highest BCUT2D eigenvalue weighted by Crippen LogP contribution is 2.46.